The highest BCUT2D eigenvalue weighted by Gasteiger charge is 2.20. The van der Waals surface area contributed by atoms with E-state index in [0.29, 0.717) is 10.8 Å². The summed E-state index contributed by atoms with van der Waals surface area (Å²) in [5.74, 6) is 0.909. The van der Waals surface area contributed by atoms with Crippen molar-refractivity contribution in [1.29, 1.82) is 0 Å². The fourth-order valence-electron chi connectivity index (χ4n) is 2.55. The molecule has 2 aromatic heterocycles. The zero-order chi connectivity index (χ0) is 13.4. The summed E-state index contributed by atoms with van der Waals surface area (Å²) in [6.45, 7) is 4.81. The summed E-state index contributed by atoms with van der Waals surface area (Å²) >= 11 is 6.12. The summed E-state index contributed by atoms with van der Waals surface area (Å²) in [6.07, 6.45) is 4.49. The van der Waals surface area contributed by atoms with Crippen LogP contribution in [0.4, 0.5) is 0 Å². The molecular formula is C13H17ClN4O. The van der Waals surface area contributed by atoms with Crippen LogP contribution in [0, 0.1) is 13.8 Å². The monoisotopic (exact) mass is 280 g/mol. The SMILES string of the molecule is Cc1nc(Cl)c2nnc(CC3CCCCO3)n2c1C. The molecule has 5 nitrogen and oxygen atoms in total. The third-order valence-electron chi connectivity index (χ3n) is 3.72. The lowest BCUT2D eigenvalue weighted by atomic mass is 10.1. The Morgan fingerprint density at radius 3 is 2.89 bits per heavy atom. The van der Waals surface area contributed by atoms with Gasteiger partial charge in [-0.1, -0.05) is 11.6 Å². The Morgan fingerprint density at radius 1 is 1.32 bits per heavy atom. The first kappa shape index (κ1) is 12.8. The second kappa shape index (κ2) is 5.06. The van der Waals surface area contributed by atoms with Gasteiger partial charge in [-0.25, -0.2) is 4.98 Å². The van der Waals surface area contributed by atoms with Gasteiger partial charge in [-0.2, -0.15) is 0 Å². The fraction of sp³-hybridized carbons (Fsp3) is 0.615. The Morgan fingerprint density at radius 2 is 2.16 bits per heavy atom. The number of aryl methyl sites for hydroxylation is 2. The first-order valence-corrected chi connectivity index (χ1v) is 7.03. The highest BCUT2D eigenvalue weighted by molar-refractivity contribution is 6.32. The Balaban J connectivity index is 1.99. The fourth-order valence-corrected chi connectivity index (χ4v) is 2.80. The van der Waals surface area contributed by atoms with Crippen molar-refractivity contribution < 1.29 is 4.74 Å². The number of nitrogens with zero attached hydrogens (tertiary/aromatic N) is 4. The number of hydrogen-bond acceptors (Lipinski definition) is 4. The Kier molecular flexibility index (Phi) is 3.41. The van der Waals surface area contributed by atoms with Gasteiger partial charge in [-0.05, 0) is 33.1 Å². The van der Waals surface area contributed by atoms with E-state index < -0.39 is 0 Å². The van der Waals surface area contributed by atoms with Crippen LogP contribution in [0.15, 0.2) is 0 Å². The highest BCUT2D eigenvalue weighted by Crippen LogP contribution is 2.21. The van der Waals surface area contributed by atoms with Gasteiger partial charge in [-0.15, -0.1) is 10.2 Å². The van der Waals surface area contributed by atoms with Gasteiger partial charge in [-0.3, -0.25) is 4.40 Å². The van der Waals surface area contributed by atoms with E-state index >= 15 is 0 Å². The molecule has 0 bridgehead atoms. The summed E-state index contributed by atoms with van der Waals surface area (Å²) in [6, 6.07) is 0. The molecule has 3 heterocycles. The third kappa shape index (κ3) is 2.32. The Hall–Kier alpha value is -1.20. The van der Waals surface area contributed by atoms with Crippen LogP contribution in [0.25, 0.3) is 5.65 Å². The lowest BCUT2D eigenvalue weighted by molar-refractivity contribution is 0.0155. The van der Waals surface area contributed by atoms with Gasteiger partial charge < -0.3 is 4.74 Å². The standard InChI is InChI=1S/C13H17ClN4O/c1-8-9(2)18-11(7-10-5-3-4-6-19-10)16-17-13(18)12(14)15-8/h10H,3-7H2,1-2H3. The molecule has 19 heavy (non-hydrogen) atoms. The van der Waals surface area contributed by atoms with E-state index in [9.17, 15) is 0 Å². The zero-order valence-corrected chi connectivity index (χ0v) is 11.9. The van der Waals surface area contributed by atoms with Crippen molar-refractivity contribution in [3.05, 3.63) is 22.4 Å². The predicted octanol–water partition coefficient (Wildman–Crippen LogP) is 2.51. The van der Waals surface area contributed by atoms with Gasteiger partial charge in [0.2, 0.25) is 0 Å². The van der Waals surface area contributed by atoms with Gasteiger partial charge in [0, 0.05) is 18.7 Å². The molecule has 1 aliphatic rings. The second-order valence-corrected chi connectivity index (χ2v) is 5.40. The maximum absolute atomic E-state index is 6.12. The molecule has 1 unspecified atom stereocenters. The third-order valence-corrected chi connectivity index (χ3v) is 3.98. The van der Waals surface area contributed by atoms with E-state index in [-0.39, 0.29) is 6.10 Å². The molecule has 0 saturated carbocycles. The average Bonchev–Trinajstić information content (AvgIpc) is 2.82. The number of halogens is 1. The van der Waals surface area contributed by atoms with E-state index in [1.54, 1.807) is 0 Å². The predicted molar refractivity (Wildman–Crippen MR) is 72.6 cm³/mol. The number of fused-ring (bicyclic) bond motifs is 1. The molecule has 1 fully saturated rings. The number of hydrogen-bond donors (Lipinski definition) is 0. The Bertz CT molecular complexity index is 604. The van der Waals surface area contributed by atoms with Crippen LogP contribution in [0.1, 0.15) is 36.5 Å². The minimum absolute atomic E-state index is 0.243. The maximum atomic E-state index is 6.12. The van der Waals surface area contributed by atoms with E-state index in [0.717, 1.165) is 43.1 Å². The molecule has 6 heteroatoms. The molecule has 1 atom stereocenters. The van der Waals surface area contributed by atoms with Crippen LogP contribution >= 0.6 is 11.6 Å². The van der Waals surface area contributed by atoms with Gasteiger partial charge >= 0.3 is 0 Å². The van der Waals surface area contributed by atoms with Crippen molar-refractivity contribution in [3.8, 4) is 0 Å². The van der Waals surface area contributed by atoms with Crippen LogP contribution in [0.3, 0.4) is 0 Å². The first-order chi connectivity index (χ1) is 9.16. The number of aromatic nitrogens is 4. The largest absolute Gasteiger partial charge is 0.378 e. The average molecular weight is 281 g/mol. The van der Waals surface area contributed by atoms with E-state index in [4.69, 9.17) is 16.3 Å². The lowest BCUT2D eigenvalue weighted by Gasteiger charge is -2.21. The van der Waals surface area contributed by atoms with Crippen LogP contribution in [-0.2, 0) is 11.2 Å². The van der Waals surface area contributed by atoms with Crippen LogP contribution < -0.4 is 0 Å². The molecule has 0 amide bonds. The highest BCUT2D eigenvalue weighted by atomic mass is 35.5. The summed E-state index contributed by atoms with van der Waals surface area (Å²) in [5, 5.41) is 8.82. The normalized spacial score (nSPS) is 20.1. The quantitative estimate of drug-likeness (QED) is 0.848. The number of rotatable bonds is 2. The van der Waals surface area contributed by atoms with E-state index in [2.05, 4.69) is 15.2 Å². The summed E-state index contributed by atoms with van der Waals surface area (Å²) in [5.41, 5.74) is 2.58. The van der Waals surface area contributed by atoms with Gasteiger partial charge in [0.1, 0.15) is 5.82 Å². The van der Waals surface area contributed by atoms with Crippen LogP contribution in [-0.4, -0.2) is 32.3 Å². The molecule has 0 radical (unpaired) electrons. The summed E-state index contributed by atoms with van der Waals surface area (Å²) in [4.78, 5) is 4.27. The molecular weight excluding hydrogens is 264 g/mol. The Labute approximate surface area is 117 Å². The molecule has 2 aromatic rings. The van der Waals surface area contributed by atoms with Crippen molar-refractivity contribution in [3.63, 3.8) is 0 Å². The van der Waals surface area contributed by atoms with Crippen molar-refractivity contribution in [2.24, 2.45) is 0 Å². The molecule has 0 N–H and O–H groups in total. The van der Waals surface area contributed by atoms with E-state index in [1.807, 2.05) is 18.2 Å². The second-order valence-electron chi connectivity index (χ2n) is 5.04. The zero-order valence-electron chi connectivity index (χ0n) is 11.2. The molecule has 1 aliphatic heterocycles. The van der Waals surface area contributed by atoms with E-state index in [1.165, 1.54) is 6.42 Å². The molecule has 1 saturated heterocycles. The number of ether oxygens (including phenoxy) is 1. The van der Waals surface area contributed by atoms with Crippen molar-refractivity contribution >= 4 is 17.2 Å². The summed E-state index contributed by atoms with van der Waals surface area (Å²) < 4.78 is 7.77. The van der Waals surface area contributed by atoms with Gasteiger partial charge in [0.05, 0.1) is 11.8 Å². The van der Waals surface area contributed by atoms with Crippen LogP contribution in [0.5, 0.6) is 0 Å². The lowest BCUT2D eigenvalue weighted by Crippen LogP contribution is -2.22. The van der Waals surface area contributed by atoms with Gasteiger partial charge in [0.25, 0.3) is 0 Å². The minimum atomic E-state index is 0.243. The molecule has 0 spiro atoms. The van der Waals surface area contributed by atoms with Crippen molar-refractivity contribution in [1.82, 2.24) is 19.6 Å². The summed E-state index contributed by atoms with van der Waals surface area (Å²) in [7, 11) is 0. The molecule has 3 rings (SSSR count). The minimum Gasteiger partial charge on any atom is -0.378 e. The van der Waals surface area contributed by atoms with Crippen LogP contribution in [0.2, 0.25) is 5.15 Å². The molecule has 0 aliphatic carbocycles. The van der Waals surface area contributed by atoms with Gasteiger partial charge in [0.15, 0.2) is 10.8 Å². The first-order valence-electron chi connectivity index (χ1n) is 6.65. The molecule has 102 valence electrons. The van der Waals surface area contributed by atoms with Crippen molar-refractivity contribution in [2.45, 2.75) is 45.6 Å². The maximum Gasteiger partial charge on any atom is 0.198 e. The van der Waals surface area contributed by atoms with Crippen molar-refractivity contribution in [2.75, 3.05) is 6.61 Å². The topological polar surface area (TPSA) is 52.3 Å². The smallest absolute Gasteiger partial charge is 0.198 e. The molecule has 0 aromatic carbocycles.